The SMILES string of the molecule is CC1(N2C(=O)CCC2=O)CCC(CN2C(=O)C=CC2=O)CC1.Cc1ccc(C(=O)O)c(C)c1. The summed E-state index contributed by atoms with van der Waals surface area (Å²) in [6.45, 7) is 6.15. The first-order chi connectivity index (χ1) is 15.5. The van der Waals surface area contributed by atoms with E-state index in [0.717, 1.165) is 36.8 Å². The zero-order chi connectivity index (χ0) is 24.3. The van der Waals surface area contributed by atoms with Gasteiger partial charge in [-0.3, -0.25) is 29.0 Å². The summed E-state index contributed by atoms with van der Waals surface area (Å²) in [5.74, 6) is -1.25. The Morgan fingerprint density at radius 2 is 1.55 bits per heavy atom. The van der Waals surface area contributed by atoms with Gasteiger partial charge in [-0.2, -0.15) is 0 Å². The van der Waals surface area contributed by atoms with Crippen LogP contribution in [0, 0.1) is 19.8 Å². The molecular formula is C25H30N2O6. The molecule has 1 aliphatic carbocycles. The third-order valence-corrected chi connectivity index (χ3v) is 6.73. The molecule has 1 aromatic carbocycles. The number of amides is 4. The number of carbonyl (C=O) groups excluding carboxylic acids is 4. The third-order valence-electron chi connectivity index (χ3n) is 6.73. The number of hydrogen-bond donors (Lipinski definition) is 1. The minimum atomic E-state index is -0.859. The minimum Gasteiger partial charge on any atom is -0.478 e. The number of carboxylic acid groups (broad SMARTS) is 1. The summed E-state index contributed by atoms with van der Waals surface area (Å²) in [7, 11) is 0. The van der Waals surface area contributed by atoms with Crippen molar-refractivity contribution >= 4 is 29.6 Å². The highest BCUT2D eigenvalue weighted by molar-refractivity contribution is 6.12. The Labute approximate surface area is 193 Å². The number of hydrogen-bond acceptors (Lipinski definition) is 5. The van der Waals surface area contributed by atoms with Gasteiger partial charge in [0.15, 0.2) is 0 Å². The highest BCUT2D eigenvalue weighted by atomic mass is 16.4. The predicted molar refractivity (Wildman–Crippen MR) is 120 cm³/mol. The van der Waals surface area contributed by atoms with Gasteiger partial charge in [-0.05, 0) is 64.0 Å². The van der Waals surface area contributed by atoms with Crippen LogP contribution >= 0.6 is 0 Å². The largest absolute Gasteiger partial charge is 0.478 e. The number of carboxylic acids is 1. The summed E-state index contributed by atoms with van der Waals surface area (Å²) < 4.78 is 0. The van der Waals surface area contributed by atoms with Gasteiger partial charge in [0.2, 0.25) is 11.8 Å². The van der Waals surface area contributed by atoms with Crippen LogP contribution in [0.4, 0.5) is 0 Å². The first kappa shape index (κ1) is 24.4. The van der Waals surface area contributed by atoms with Crippen LogP contribution < -0.4 is 0 Å². The van der Waals surface area contributed by atoms with Gasteiger partial charge in [-0.15, -0.1) is 0 Å². The van der Waals surface area contributed by atoms with Crippen molar-refractivity contribution < 1.29 is 29.1 Å². The maximum atomic E-state index is 11.9. The summed E-state index contributed by atoms with van der Waals surface area (Å²) in [5.41, 5.74) is 1.89. The van der Waals surface area contributed by atoms with E-state index in [1.807, 2.05) is 19.9 Å². The predicted octanol–water partition coefficient (Wildman–Crippen LogP) is 3.01. The van der Waals surface area contributed by atoms with Crippen molar-refractivity contribution in [2.24, 2.45) is 5.92 Å². The molecule has 8 heteroatoms. The fourth-order valence-electron chi connectivity index (χ4n) is 4.81. The Morgan fingerprint density at radius 1 is 1.00 bits per heavy atom. The van der Waals surface area contributed by atoms with Crippen molar-refractivity contribution in [2.75, 3.05) is 6.54 Å². The van der Waals surface area contributed by atoms with Crippen molar-refractivity contribution in [1.82, 2.24) is 9.80 Å². The average Bonchev–Trinajstić information content (AvgIpc) is 3.25. The Bertz CT molecular complexity index is 986. The van der Waals surface area contributed by atoms with Crippen LogP contribution in [0.25, 0.3) is 0 Å². The second-order valence-corrected chi connectivity index (χ2v) is 9.31. The Morgan fingerprint density at radius 3 is 2.03 bits per heavy atom. The minimum absolute atomic E-state index is 0.0694. The molecular weight excluding hydrogens is 424 g/mol. The molecule has 2 fully saturated rings. The van der Waals surface area contributed by atoms with Crippen LogP contribution in [0.5, 0.6) is 0 Å². The molecule has 1 N–H and O–H groups in total. The summed E-state index contributed by atoms with van der Waals surface area (Å²) in [6, 6.07) is 5.30. The molecule has 0 aromatic heterocycles. The van der Waals surface area contributed by atoms with E-state index in [9.17, 15) is 24.0 Å². The number of aromatic carboxylic acids is 1. The number of carbonyl (C=O) groups is 5. The van der Waals surface area contributed by atoms with Crippen LogP contribution in [0.15, 0.2) is 30.4 Å². The molecule has 0 spiro atoms. The van der Waals surface area contributed by atoms with E-state index in [4.69, 9.17) is 5.11 Å². The number of likely N-dealkylation sites (tertiary alicyclic amines) is 1. The molecule has 1 saturated heterocycles. The lowest BCUT2D eigenvalue weighted by Crippen LogP contribution is -2.52. The normalized spacial score (nSPS) is 24.9. The lowest BCUT2D eigenvalue weighted by atomic mass is 9.76. The third kappa shape index (κ3) is 5.38. The van der Waals surface area contributed by atoms with E-state index in [0.29, 0.717) is 24.9 Å². The fourth-order valence-corrected chi connectivity index (χ4v) is 4.81. The van der Waals surface area contributed by atoms with Crippen LogP contribution in [0.3, 0.4) is 0 Å². The van der Waals surface area contributed by atoms with Gasteiger partial charge in [0, 0.05) is 37.1 Å². The molecule has 3 aliphatic rings. The fraction of sp³-hybridized carbons (Fsp3) is 0.480. The monoisotopic (exact) mass is 454 g/mol. The molecule has 1 saturated carbocycles. The maximum Gasteiger partial charge on any atom is 0.335 e. The van der Waals surface area contributed by atoms with E-state index in [1.165, 1.54) is 22.0 Å². The molecule has 0 bridgehead atoms. The smallest absolute Gasteiger partial charge is 0.335 e. The lowest BCUT2D eigenvalue weighted by Gasteiger charge is -2.43. The van der Waals surface area contributed by atoms with E-state index in [-0.39, 0.29) is 29.5 Å². The summed E-state index contributed by atoms with van der Waals surface area (Å²) in [5, 5.41) is 8.66. The Hall–Kier alpha value is -3.29. The number of imide groups is 2. The van der Waals surface area contributed by atoms with Gasteiger partial charge in [-0.1, -0.05) is 17.7 Å². The van der Waals surface area contributed by atoms with Crippen molar-refractivity contribution in [3.63, 3.8) is 0 Å². The topological polar surface area (TPSA) is 112 Å². The molecule has 0 atom stereocenters. The van der Waals surface area contributed by atoms with Gasteiger partial charge >= 0.3 is 5.97 Å². The number of aryl methyl sites for hydroxylation is 2. The van der Waals surface area contributed by atoms with E-state index in [1.54, 1.807) is 19.1 Å². The van der Waals surface area contributed by atoms with Crippen molar-refractivity contribution in [2.45, 2.75) is 64.8 Å². The molecule has 4 amide bonds. The first-order valence-corrected chi connectivity index (χ1v) is 11.2. The molecule has 33 heavy (non-hydrogen) atoms. The van der Waals surface area contributed by atoms with Crippen molar-refractivity contribution in [3.05, 3.63) is 47.0 Å². The molecule has 4 rings (SSSR count). The van der Waals surface area contributed by atoms with E-state index >= 15 is 0 Å². The van der Waals surface area contributed by atoms with Crippen LogP contribution in [-0.4, -0.2) is 56.6 Å². The van der Waals surface area contributed by atoms with Gasteiger partial charge in [0.25, 0.3) is 11.8 Å². The number of benzene rings is 1. The highest BCUT2D eigenvalue weighted by Crippen LogP contribution is 2.39. The second-order valence-electron chi connectivity index (χ2n) is 9.31. The molecule has 8 nitrogen and oxygen atoms in total. The van der Waals surface area contributed by atoms with Gasteiger partial charge < -0.3 is 5.11 Å². The number of rotatable bonds is 4. The van der Waals surface area contributed by atoms with Crippen molar-refractivity contribution in [3.8, 4) is 0 Å². The van der Waals surface area contributed by atoms with Gasteiger partial charge in [0.1, 0.15) is 0 Å². The quantitative estimate of drug-likeness (QED) is 0.700. The molecule has 176 valence electrons. The second kappa shape index (κ2) is 9.68. The zero-order valence-electron chi connectivity index (χ0n) is 19.3. The molecule has 0 unspecified atom stereocenters. The Kier molecular flexibility index (Phi) is 7.15. The standard InChI is InChI=1S/C16H20N2O4.C9H10O2/c1-16(18-14(21)4-5-15(18)22)8-6-11(7-9-16)10-17-12(19)2-3-13(17)20;1-6-3-4-8(9(10)11)7(2)5-6/h2-3,11H,4-10H2,1H3;3-5H,1-2H3,(H,10,11). The van der Waals surface area contributed by atoms with Crippen molar-refractivity contribution in [1.29, 1.82) is 0 Å². The van der Waals surface area contributed by atoms with Crippen LogP contribution in [0.1, 0.15) is 66.9 Å². The number of nitrogens with zero attached hydrogens (tertiary/aromatic N) is 2. The summed E-state index contributed by atoms with van der Waals surface area (Å²) in [4.78, 5) is 60.3. The zero-order valence-corrected chi connectivity index (χ0v) is 19.3. The molecule has 1 aromatic rings. The summed E-state index contributed by atoms with van der Waals surface area (Å²) in [6.07, 6.45) is 6.33. The molecule has 2 heterocycles. The van der Waals surface area contributed by atoms with E-state index in [2.05, 4.69) is 0 Å². The molecule has 0 radical (unpaired) electrons. The highest BCUT2D eigenvalue weighted by Gasteiger charge is 2.45. The summed E-state index contributed by atoms with van der Waals surface area (Å²) >= 11 is 0. The maximum absolute atomic E-state index is 11.9. The van der Waals surface area contributed by atoms with Crippen LogP contribution in [-0.2, 0) is 19.2 Å². The van der Waals surface area contributed by atoms with Crippen LogP contribution in [0.2, 0.25) is 0 Å². The Balaban J connectivity index is 0.000000235. The molecule has 2 aliphatic heterocycles. The average molecular weight is 455 g/mol. The van der Waals surface area contributed by atoms with Gasteiger partial charge in [0.05, 0.1) is 5.56 Å². The van der Waals surface area contributed by atoms with Gasteiger partial charge in [-0.25, -0.2) is 4.79 Å². The van der Waals surface area contributed by atoms with E-state index < -0.39 is 11.5 Å². The lowest BCUT2D eigenvalue weighted by molar-refractivity contribution is -0.146. The first-order valence-electron chi connectivity index (χ1n) is 11.2.